The average Bonchev–Trinajstić information content (AvgIpc) is 2.08. The summed E-state index contributed by atoms with van der Waals surface area (Å²) in [6.45, 7) is 8.69. The second kappa shape index (κ2) is 6.30. The summed E-state index contributed by atoms with van der Waals surface area (Å²) in [5.41, 5.74) is -0.650. The Morgan fingerprint density at radius 3 is 2.38 bits per heavy atom. The van der Waals surface area contributed by atoms with Gasteiger partial charge in [0.05, 0.1) is 0 Å². The summed E-state index contributed by atoms with van der Waals surface area (Å²) in [6.07, 6.45) is 3.32. The highest BCUT2D eigenvalue weighted by Gasteiger charge is 2.30. The van der Waals surface area contributed by atoms with Crippen molar-refractivity contribution >= 4 is 11.9 Å². The van der Waals surface area contributed by atoms with Crippen LogP contribution in [0.4, 0.5) is 0 Å². The number of unbranched alkanes of at least 4 members (excludes halogenated alkanes) is 1. The minimum Gasteiger partial charge on any atom is -0.481 e. The Bertz CT molecular complexity index is 263. The molecule has 0 aromatic rings. The highest BCUT2D eigenvalue weighted by atomic mass is 16.6. The van der Waals surface area contributed by atoms with E-state index in [-0.39, 0.29) is 6.42 Å². The molecule has 0 fully saturated rings. The van der Waals surface area contributed by atoms with Crippen molar-refractivity contribution in [1.29, 1.82) is 0 Å². The predicted octanol–water partition coefficient (Wildman–Crippen LogP) is 2.39. The minimum atomic E-state index is -1.13. The minimum absolute atomic E-state index is 0.288. The van der Waals surface area contributed by atoms with Crippen LogP contribution < -0.4 is 0 Å². The molecule has 0 spiro atoms. The third kappa shape index (κ3) is 6.22. The van der Waals surface area contributed by atoms with Gasteiger partial charge in [0.2, 0.25) is 0 Å². The molecule has 0 saturated carbocycles. The van der Waals surface area contributed by atoms with E-state index >= 15 is 0 Å². The maximum Gasteiger partial charge on any atom is 0.320 e. The molecule has 4 heteroatoms. The summed E-state index contributed by atoms with van der Waals surface area (Å²) in [7, 11) is 0. The Kier molecular flexibility index (Phi) is 5.78. The van der Waals surface area contributed by atoms with Gasteiger partial charge in [-0.3, -0.25) is 9.59 Å². The van der Waals surface area contributed by atoms with Gasteiger partial charge >= 0.3 is 11.9 Å². The van der Waals surface area contributed by atoms with Crippen LogP contribution in [0.5, 0.6) is 0 Å². The quantitative estimate of drug-likeness (QED) is 0.328. The number of hydrogen-bond donors (Lipinski definition) is 1. The molecule has 1 N–H and O–H groups in total. The number of carboxylic acids is 1. The standard InChI is InChI=1S/C12H20O4/c1-5-6-7-8-9(10(13)14)11(15)16-12(2,3)4/h5,9H,1,6-8H2,2-4H3,(H,13,14). The summed E-state index contributed by atoms with van der Waals surface area (Å²) in [6, 6.07) is 0. The Labute approximate surface area is 96.3 Å². The second-order valence-corrected chi connectivity index (χ2v) is 4.64. The van der Waals surface area contributed by atoms with E-state index < -0.39 is 23.5 Å². The van der Waals surface area contributed by atoms with Crippen LogP contribution in [0.3, 0.4) is 0 Å². The predicted molar refractivity (Wildman–Crippen MR) is 61.0 cm³/mol. The van der Waals surface area contributed by atoms with Crippen molar-refractivity contribution in [3.8, 4) is 0 Å². The number of esters is 1. The molecule has 0 aromatic heterocycles. The van der Waals surface area contributed by atoms with Crippen LogP contribution in [0.2, 0.25) is 0 Å². The van der Waals surface area contributed by atoms with Gasteiger partial charge in [-0.05, 0) is 40.0 Å². The molecule has 0 saturated heterocycles. The number of rotatable bonds is 6. The smallest absolute Gasteiger partial charge is 0.320 e. The Balaban J connectivity index is 4.36. The summed E-state index contributed by atoms with van der Waals surface area (Å²) >= 11 is 0. The maximum atomic E-state index is 11.6. The van der Waals surface area contributed by atoms with Crippen molar-refractivity contribution in [2.75, 3.05) is 0 Å². The third-order valence-corrected chi connectivity index (χ3v) is 1.89. The number of carbonyl (C=O) groups is 2. The summed E-state index contributed by atoms with van der Waals surface area (Å²) in [4.78, 5) is 22.5. The average molecular weight is 228 g/mol. The lowest BCUT2D eigenvalue weighted by Gasteiger charge is -2.22. The van der Waals surface area contributed by atoms with Gasteiger partial charge in [0.25, 0.3) is 0 Å². The monoisotopic (exact) mass is 228 g/mol. The molecule has 0 aliphatic carbocycles. The van der Waals surface area contributed by atoms with Crippen molar-refractivity contribution in [3.63, 3.8) is 0 Å². The van der Waals surface area contributed by atoms with Gasteiger partial charge in [-0.25, -0.2) is 0 Å². The van der Waals surface area contributed by atoms with Crippen molar-refractivity contribution in [1.82, 2.24) is 0 Å². The summed E-state index contributed by atoms with van der Waals surface area (Å²) in [5, 5.41) is 8.91. The molecule has 1 unspecified atom stereocenters. The molecule has 1 atom stereocenters. The van der Waals surface area contributed by atoms with Crippen LogP contribution >= 0.6 is 0 Å². The fraction of sp³-hybridized carbons (Fsp3) is 0.667. The molecule has 0 aliphatic rings. The van der Waals surface area contributed by atoms with Gasteiger partial charge < -0.3 is 9.84 Å². The van der Waals surface area contributed by atoms with E-state index in [1.165, 1.54) is 0 Å². The topological polar surface area (TPSA) is 63.6 Å². The first kappa shape index (κ1) is 14.7. The van der Waals surface area contributed by atoms with Crippen LogP contribution in [-0.2, 0) is 14.3 Å². The number of hydrogen-bond acceptors (Lipinski definition) is 3. The first-order valence-electron chi connectivity index (χ1n) is 5.34. The molecule has 0 aliphatic heterocycles. The number of aliphatic carboxylic acids is 1. The van der Waals surface area contributed by atoms with Crippen molar-refractivity contribution in [3.05, 3.63) is 12.7 Å². The molecule has 0 radical (unpaired) electrons. The largest absolute Gasteiger partial charge is 0.481 e. The lowest BCUT2D eigenvalue weighted by molar-refractivity contribution is -0.167. The maximum absolute atomic E-state index is 11.6. The molecule has 0 bridgehead atoms. The van der Waals surface area contributed by atoms with Crippen LogP contribution in [-0.4, -0.2) is 22.6 Å². The van der Waals surface area contributed by atoms with Gasteiger partial charge in [-0.15, -0.1) is 6.58 Å². The van der Waals surface area contributed by atoms with Gasteiger partial charge in [-0.2, -0.15) is 0 Å². The number of carboxylic acid groups (broad SMARTS) is 1. The van der Waals surface area contributed by atoms with E-state index in [1.807, 2.05) is 0 Å². The van der Waals surface area contributed by atoms with Gasteiger partial charge in [0, 0.05) is 0 Å². The van der Waals surface area contributed by atoms with Gasteiger partial charge in [-0.1, -0.05) is 6.08 Å². The number of allylic oxidation sites excluding steroid dienone is 1. The van der Waals surface area contributed by atoms with E-state index in [1.54, 1.807) is 26.8 Å². The molecular formula is C12H20O4. The third-order valence-electron chi connectivity index (χ3n) is 1.89. The summed E-state index contributed by atoms with van der Waals surface area (Å²) in [5.74, 6) is -2.86. The molecule has 92 valence electrons. The van der Waals surface area contributed by atoms with E-state index in [0.29, 0.717) is 12.8 Å². The molecule has 0 rings (SSSR count). The van der Waals surface area contributed by atoms with Crippen LogP contribution in [0.1, 0.15) is 40.0 Å². The lowest BCUT2D eigenvalue weighted by atomic mass is 10.0. The normalized spacial score (nSPS) is 12.9. The molecular weight excluding hydrogens is 208 g/mol. The lowest BCUT2D eigenvalue weighted by Crippen LogP contribution is -2.32. The molecule has 0 heterocycles. The van der Waals surface area contributed by atoms with E-state index in [0.717, 1.165) is 0 Å². The van der Waals surface area contributed by atoms with Crippen LogP contribution in [0.15, 0.2) is 12.7 Å². The fourth-order valence-electron chi connectivity index (χ4n) is 1.18. The van der Waals surface area contributed by atoms with Gasteiger partial charge in [0.1, 0.15) is 5.60 Å². The highest BCUT2D eigenvalue weighted by molar-refractivity contribution is 5.94. The fourth-order valence-corrected chi connectivity index (χ4v) is 1.18. The first-order valence-corrected chi connectivity index (χ1v) is 5.34. The zero-order chi connectivity index (χ0) is 12.8. The van der Waals surface area contributed by atoms with Crippen LogP contribution in [0.25, 0.3) is 0 Å². The van der Waals surface area contributed by atoms with Crippen molar-refractivity contribution in [2.45, 2.75) is 45.6 Å². The van der Waals surface area contributed by atoms with Gasteiger partial charge in [0.15, 0.2) is 5.92 Å². The molecule has 4 nitrogen and oxygen atoms in total. The molecule has 0 amide bonds. The molecule has 16 heavy (non-hydrogen) atoms. The first-order chi connectivity index (χ1) is 7.28. The van der Waals surface area contributed by atoms with Crippen LogP contribution in [0, 0.1) is 5.92 Å². The summed E-state index contributed by atoms with van der Waals surface area (Å²) < 4.78 is 5.05. The van der Waals surface area contributed by atoms with E-state index in [9.17, 15) is 9.59 Å². The zero-order valence-electron chi connectivity index (χ0n) is 10.2. The van der Waals surface area contributed by atoms with Crippen molar-refractivity contribution in [2.24, 2.45) is 5.92 Å². The second-order valence-electron chi connectivity index (χ2n) is 4.64. The van der Waals surface area contributed by atoms with E-state index in [2.05, 4.69) is 6.58 Å². The highest BCUT2D eigenvalue weighted by Crippen LogP contribution is 2.16. The Morgan fingerprint density at radius 1 is 1.44 bits per heavy atom. The number of carbonyl (C=O) groups excluding carboxylic acids is 1. The molecule has 0 aromatic carbocycles. The van der Waals surface area contributed by atoms with Crippen molar-refractivity contribution < 1.29 is 19.4 Å². The Morgan fingerprint density at radius 2 is 2.00 bits per heavy atom. The SMILES string of the molecule is C=CCCCC(C(=O)O)C(=O)OC(C)(C)C. The number of ether oxygens (including phenoxy) is 1. The zero-order valence-corrected chi connectivity index (χ0v) is 10.2. The Hall–Kier alpha value is -1.32. The van der Waals surface area contributed by atoms with E-state index in [4.69, 9.17) is 9.84 Å².